The van der Waals surface area contributed by atoms with E-state index >= 15 is 0 Å². The summed E-state index contributed by atoms with van der Waals surface area (Å²) in [5.41, 5.74) is 4.62. The molecule has 3 atom stereocenters. The Morgan fingerprint density at radius 1 is 1.61 bits per heavy atom. The number of morpholine rings is 1. The minimum Gasteiger partial charge on any atom is -0.480 e. The van der Waals surface area contributed by atoms with Gasteiger partial charge in [0.1, 0.15) is 5.54 Å². The molecular formula is C13H26N2O3. The highest BCUT2D eigenvalue weighted by Crippen LogP contribution is 2.17. The van der Waals surface area contributed by atoms with Crippen molar-refractivity contribution in [2.75, 3.05) is 19.7 Å². The van der Waals surface area contributed by atoms with E-state index in [1.807, 2.05) is 0 Å². The van der Waals surface area contributed by atoms with Gasteiger partial charge in [-0.15, -0.1) is 0 Å². The van der Waals surface area contributed by atoms with E-state index in [0.29, 0.717) is 12.5 Å². The summed E-state index contributed by atoms with van der Waals surface area (Å²) in [7, 11) is 0. The Balaban J connectivity index is 2.39. The van der Waals surface area contributed by atoms with Gasteiger partial charge in [0.2, 0.25) is 0 Å². The van der Waals surface area contributed by atoms with Crippen molar-refractivity contribution in [1.29, 1.82) is 0 Å². The highest BCUT2D eigenvalue weighted by Gasteiger charge is 2.29. The summed E-state index contributed by atoms with van der Waals surface area (Å²) in [5.74, 6) is -0.926. The first-order valence-electron chi connectivity index (χ1n) is 6.74. The fourth-order valence-electron chi connectivity index (χ4n) is 2.32. The molecule has 1 aliphatic heterocycles. The van der Waals surface area contributed by atoms with Crippen LogP contribution in [0.3, 0.4) is 0 Å². The summed E-state index contributed by atoms with van der Waals surface area (Å²) in [5, 5.41) is 8.96. The number of nitrogens with zero attached hydrogens (tertiary/aromatic N) is 1. The average Bonchev–Trinajstić information content (AvgIpc) is 2.29. The smallest absolute Gasteiger partial charge is 0.323 e. The van der Waals surface area contributed by atoms with Gasteiger partial charge in [0.25, 0.3) is 0 Å². The first-order valence-corrected chi connectivity index (χ1v) is 6.74. The quantitative estimate of drug-likeness (QED) is 0.745. The summed E-state index contributed by atoms with van der Waals surface area (Å²) in [6.45, 7) is 8.40. The summed E-state index contributed by atoms with van der Waals surface area (Å²) in [6, 6.07) is 0.454. The molecule has 0 aromatic rings. The molecular weight excluding hydrogens is 232 g/mol. The van der Waals surface area contributed by atoms with Gasteiger partial charge in [-0.25, -0.2) is 0 Å². The number of carboxylic acid groups (broad SMARTS) is 1. The van der Waals surface area contributed by atoms with Gasteiger partial charge in [-0.05, 0) is 39.7 Å². The second-order valence-electron chi connectivity index (χ2n) is 5.53. The number of rotatable bonds is 6. The van der Waals surface area contributed by atoms with Gasteiger partial charge in [-0.1, -0.05) is 6.92 Å². The van der Waals surface area contributed by atoms with E-state index in [2.05, 4.69) is 18.7 Å². The molecule has 0 spiro atoms. The minimum atomic E-state index is -1.11. The lowest BCUT2D eigenvalue weighted by Crippen LogP contribution is -2.50. The van der Waals surface area contributed by atoms with Crippen molar-refractivity contribution < 1.29 is 14.6 Å². The van der Waals surface area contributed by atoms with E-state index < -0.39 is 11.5 Å². The molecule has 0 aromatic carbocycles. The van der Waals surface area contributed by atoms with E-state index in [0.717, 1.165) is 32.5 Å². The van der Waals surface area contributed by atoms with Crippen LogP contribution in [-0.4, -0.2) is 53.4 Å². The zero-order chi connectivity index (χ0) is 13.8. The van der Waals surface area contributed by atoms with E-state index in [9.17, 15) is 4.79 Å². The molecule has 0 aromatic heterocycles. The molecule has 3 N–H and O–H groups in total. The van der Waals surface area contributed by atoms with E-state index in [4.69, 9.17) is 15.6 Å². The Morgan fingerprint density at radius 3 is 2.83 bits per heavy atom. The topological polar surface area (TPSA) is 75.8 Å². The minimum absolute atomic E-state index is 0.261. The molecule has 0 saturated carbocycles. The SMILES string of the molecule is CCC1COC(C)CN1CCCC(C)(N)C(=O)O. The molecule has 106 valence electrons. The average molecular weight is 258 g/mol. The zero-order valence-electron chi connectivity index (χ0n) is 11.7. The van der Waals surface area contributed by atoms with Crippen molar-refractivity contribution in [3.8, 4) is 0 Å². The molecule has 0 radical (unpaired) electrons. The number of hydrogen-bond acceptors (Lipinski definition) is 4. The first-order chi connectivity index (χ1) is 8.36. The molecule has 0 bridgehead atoms. The lowest BCUT2D eigenvalue weighted by molar-refractivity contribution is -0.143. The molecule has 5 heteroatoms. The van der Waals surface area contributed by atoms with Crippen molar-refractivity contribution >= 4 is 5.97 Å². The predicted octanol–water partition coefficient (Wildman–Crippen LogP) is 1.07. The Labute approximate surface area is 109 Å². The molecule has 3 unspecified atom stereocenters. The van der Waals surface area contributed by atoms with Crippen LogP contribution in [0, 0.1) is 0 Å². The van der Waals surface area contributed by atoms with Gasteiger partial charge in [-0.3, -0.25) is 9.69 Å². The number of aliphatic carboxylic acids is 1. The van der Waals surface area contributed by atoms with Crippen LogP contribution in [0.25, 0.3) is 0 Å². The number of nitrogens with two attached hydrogens (primary N) is 1. The van der Waals surface area contributed by atoms with Crippen LogP contribution in [0.2, 0.25) is 0 Å². The summed E-state index contributed by atoms with van der Waals surface area (Å²) >= 11 is 0. The van der Waals surface area contributed by atoms with Crippen LogP contribution in [0.15, 0.2) is 0 Å². The molecule has 5 nitrogen and oxygen atoms in total. The van der Waals surface area contributed by atoms with Gasteiger partial charge < -0.3 is 15.6 Å². The molecule has 1 aliphatic rings. The predicted molar refractivity (Wildman–Crippen MR) is 70.5 cm³/mol. The molecule has 0 amide bonds. The molecule has 1 saturated heterocycles. The van der Waals surface area contributed by atoms with E-state index in [-0.39, 0.29) is 6.10 Å². The van der Waals surface area contributed by atoms with Crippen molar-refractivity contribution in [1.82, 2.24) is 4.90 Å². The van der Waals surface area contributed by atoms with Crippen molar-refractivity contribution in [2.24, 2.45) is 5.73 Å². The van der Waals surface area contributed by atoms with Crippen LogP contribution in [-0.2, 0) is 9.53 Å². The maximum atomic E-state index is 10.9. The molecule has 1 heterocycles. The van der Waals surface area contributed by atoms with Crippen LogP contribution >= 0.6 is 0 Å². The Bertz CT molecular complexity index is 281. The Hall–Kier alpha value is -0.650. The lowest BCUT2D eigenvalue weighted by Gasteiger charge is -2.38. The van der Waals surface area contributed by atoms with E-state index in [1.54, 1.807) is 6.92 Å². The molecule has 1 rings (SSSR count). The normalized spacial score (nSPS) is 28.9. The van der Waals surface area contributed by atoms with E-state index in [1.165, 1.54) is 0 Å². The monoisotopic (exact) mass is 258 g/mol. The van der Waals surface area contributed by atoms with Crippen molar-refractivity contribution in [2.45, 2.75) is 57.7 Å². The fraction of sp³-hybridized carbons (Fsp3) is 0.923. The maximum absolute atomic E-state index is 10.9. The number of carboxylic acids is 1. The third-order valence-corrected chi connectivity index (χ3v) is 3.68. The van der Waals surface area contributed by atoms with Gasteiger partial charge in [0.05, 0.1) is 12.7 Å². The van der Waals surface area contributed by atoms with Crippen LogP contribution in [0.5, 0.6) is 0 Å². The standard InChI is InChI=1S/C13H26N2O3/c1-4-11-9-18-10(2)8-15(11)7-5-6-13(3,14)12(16)17/h10-11H,4-9,14H2,1-3H3,(H,16,17). The fourth-order valence-corrected chi connectivity index (χ4v) is 2.32. The van der Waals surface area contributed by atoms with Crippen molar-refractivity contribution in [3.05, 3.63) is 0 Å². The van der Waals surface area contributed by atoms with Crippen molar-refractivity contribution in [3.63, 3.8) is 0 Å². The van der Waals surface area contributed by atoms with Crippen LogP contribution in [0.4, 0.5) is 0 Å². The van der Waals surface area contributed by atoms with Gasteiger partial charge in [-0.2, -0.15) is 0 Å². The number of hydrogen-bond donors (Lipinski definition) is 2. The Morgan fingerprint density at radius 2 is 2.28 bits per heavy atom. The third-order valence-electron chi connectivity index (χ3n) is 3.68. The summed E-state index contributed by atoms with van der Waals surface area (Å²) < 4.78 is 5.64. The summed E-state index contributed by atoms with van der Waals surface area (Å²) in [4.78, 5) is 13.3. The van der Waals surface area contributed by atoms with Gasteiger partial charge >= 0.3 is 5.97 Å². The summed E-state index contributed by atoms with van der Waals surface area (Å²) in [6.07, 6.45) is 2.63. The number of carbonyl (C=O) groups is 1. The van der Waals surface area contributed by atoms with Gasteiger partial charge in [0, 0.05) is 12.6 Å². The third kappa shape index (κ3) is 4.23. The van der Waals surface area contributed by atoms with Crippen LogP contribution in [0.1, 0.15) is 40.0 Å². The highest BCUT2D eigenvalue weighted by molar-refractivity contribution is 5.77. The maximum Gasteiger partial charge on any atom is 0.323 e. The number of ether oxygens (including phenoxy) is 1. The van der Waals surface area contributed by atoms with Crippen LogP contribution < -0.4 is 5.73 Å². The molecule has 1 fully saturated rings. The lowest BCUT2D eigenvalue weighted by atomic mass is 9.97. The molecule has 18 heavy (non-hydrogen) atoms. The Kier molecular flexibility index (Phi) is 5.56. The van der Waals surface area contributed by atoms with Gasteiger partial charge in [0.15, 0.2) is 0 Å². The molecule has 0 aliphatic carbocycles. The first kappa shape index (κ1) is 15.4. The second-order valence-corrected chi connectivity index (χ2v) is 5.53. The highest BCUT2D eigenvalue weighted by atomic mass is 16.5. The zero-order valence-corrected chi connectivity index (χ0v) is 11.7. The largest absolute Gasteiger partial charge is 0.480 e. The second kappa shape index (κ2) is 6.50.